The van der Waals surface area contributed by atoms with Gasteiger partial charge in [-0.3, -0.25) is 4.79 Å². The molecule has 1 unspecified atom stereocenters. The third-order valence-corrected chi connectivity index (χ3v) is 4.13. The summed E-state index contributed by atoms with van der Waals surface area (Å²) in [5.41, 5.74) is -1.49. The fraction of sp³-hybridized carbons (Fsp3) is 0.474. The highest BCUT2D eigenvalue weighted by Crippen LogP contribution is 2.35. The Morgan fingerprint density at radius 1 is 1.22 bits per heavy atom. The summed E-state index contributed by atoms with van der Waals surface area (Å²) in [6.45, 7) is 8.20. The molecular formula is C19H23F4N3O. The molecule has 0 radical (unpaired) electrons. The van der Waals surface area contributed by atoms with E-state index in [4.69, 9.17) is 0 Å². The number of carbonyl (C=O) groups is 1. The fourth-order valence-electron chi connectivity index (χ4n) is 3.16. The number of nitrogens with zero attached hydrogens (tertiary/aromatic N) is 2. The number of aryl methyl sites for hydroxylation is 1. The maximum Gasteiger partial charge on any atom is 0.436 e. The van der Waals surface area contributed by atoms with Crippen LogP contribution in [0.25, 0.3) is 0 Å². The highest BCUT2D eigenvalue weighted by Gasteiger charge is 2.41. The second kappa shape index (κ2) is 7.32. The van der Waals surface area contributed by atoms with Crippen LogP contribution in [-0.4, -0.2) is 15.7 Å². The Balaban J connectivity index is 2.38. The molecule has 0 aliphatic carbocycles. The molecule has 1 aromatic heterocycles. The molecule has 0 fully saturated rings. The van der Waals surface area contributed by atoms with Gasteiger partial charge in [-0.1, -0.05) is 45.9 Å². The topological polar surface area (TPSA) is 46.9 Å². The van der Waals surface area contributed by atoms with E-state index < -0.39 is 29.3 Å². The summed E-state index contributed by atoms with van der Waals surface area (Å²) in [5.74, 6) is -2.47. The number of aromatic nitrogens is 2. The van der Waals surface area contributed by atoms with Crippen molar-refractivity contribution in [3.05, 3.63) is 47.0 Å². The molecule has 27 heavy (non-hydrogen) atoms. The van der Waals surface area contributed by atoms with Gasteiger partial charge in [0, 0.05) is 12.7 Å². The third-order valence-electron chi connectivity index (χ3n) is 4.13. The number of rotatable bonds is 4. The van der Waals surface area contributed by atoms with Gasteiger partial charge < -0.3 is 5.32 Å². The number of alkyl halides is 3. The molecule has 4 nitrogen and oxygen atoms in total. The smallest absolute Gasteiger partial charge is 0.322 e. The van der Waals surface area contributed by atoms with E-state index in [9.17, 15) is 22.4 Å². The van der Waals surface area contributed by atoms with Gasteiger partial charge in [0.15, 0.2) is 5.69 Å². The summed E-state index contributed by atoms with van der Waals surface area (Å²) in [4.78, 5) is 12.5. The number of hydrogen-bond donors (Lipinski definition) is 1. The molecule has 2 rings (SSSR count). The zero-order chi connectivity index (χ0) is 20.6. The lowest BCUT2D eigenvalue weighted by Crippen LogP contribution is -2.20. The Hall–Kier alpha value is -2.38. The van der Waals surface area contributed by atoms with Crippen LogP contribution in [0, 0.1) is 11.4 Å². The molecule has 0 saturated carbocycles. The maximum atomic E-state index is 14.1. The van der Waals surface area contributed by atoms with Crippen molar-refractivity contribution >= 4 is 11.6 Å². The Kier molecular flexibility index (Phi) is 5.68. The fourth-order valence-corrected chi connectivity index (χ4v) is 3.16. The van der Waals surface area contributed by atoms with Gasteiger partial charge >= 0.3 is 6.18 Å². The highest BCUT2D eigenvalue weighted by atomic mass is 19.4. The maximum absolute atomic E-state index is 14.1. The van der Waals surface area contributed by atoms with Crippen molar-refractivity contribution < 1.29 is 22.4 Å². The molecule has 1 aromatic carbocycles. The summed E-state index contributed by atoms with van der Waals surface area (Å²) >= 11 is 0. The summed E-state index contributed by atoms with van der Waals surface area (Å²) in [6.07, 6.45) is -4.14. The number of carbonyl (C=O) groups excluding carboxylic acids is 1. The van der Waals surface area contributed by atoms with Crippen molar-refractivity contribution in [2.75, 3.05) is 5.32 Å². The third kappa shape index (κ3) is 4.87. The largest absolute Gasteiger partial charge is 0.436 e. The van der Waals surface area contributed by atoms with E-state index in [0.717, 1.165) is 19.0 Å². The van der Waals surface area contributed by atoms with E-state index in [0.29, 0.717) is 10.4 Å². The summed E-state index contributed by atoms with van der Waals surface area (Å²) in [5, 5.41) is 5.53. The zero-order valence-electron chi connectivity index (χ0n) is 15.9. The second-order valence-corrected chi connectivity index (χ2v) is 7.84. The molecule has 1 N–H and O–H groups in total. The van der Waals surface area contributed by atoms with E-state index in [1.807, 2.05) is 6.92 Å². The number of halogens is 4. The lowest BCUT2D eigenvalue weighted by molar-refractivity contribution is -0.141. The molecule has 1 atom stereocenters. The number of nitrogens with one attached hydrogen (secondary N) is 1. The predicted molar refractivity (Wildman–Crippen MR) is 95.1 cm³/mol. The molecule has 0 spiro atoms. The standard InChI is InChI=1S/C19H23F4N3O/c1-11(10-18(2,3)4)12-8-6-7-9-13(12)24-17(27)14-15(19(21,22)23)25-26(5)16(14)20/h6-9,11H,10H2,1-5H3,(H,24,27). The molecule has 0 aliphatic heterocycles. The van der Waals surface area contributed by atoms with Crippen LogP contribution in [0.3, 0.4) is 0 Å². The van der Waals surface area contributed by atoms with Gasteiger partial charge in [0.05, 0.1) is 0 Å². The van der Waals surface area contributed by atoms with Crippen LogP contribution in [-0.2, 0) is 13.2 Å². The van der Waals surface area contributed by atoms with Crippen LogP contribution < -0.4 is 5.32 Å². The van der Waals surface area contributed by atoms with E-state index in [2.05, 4.69) is 31.2 Å². The van der Waals surface area contributed by atoms with Gasteiger partial charge in [-0.25, -0.2) is 4.68 Å². The molecule has 1 amide bonds. The zero-order valence-corrected chi connectivity index (χ0v) is 15.9. The van der Waals surface area contributed by atoms with Crippen LogP contribution >= 0.6 is 0 Å². The Morgan fingerprint density at radius 2 is 1.81 bits per heavy atom. The minimum atomic E-state index is -4.94. The number of amides is 1. The normalized spacial score (nSPS) is 13.5. The van der Waals surface area contributed by atoms with Gasteiger partial charge in [-0.15, -0.1) is 0 Å². The summed E-state index contributed by atoms with van der Waals surface area (Å²) < 4.78 is 53.9. The minimum Gasteiger partial charge on any atom is -0.322 e. The highest BCUT2D eigenvalue weighted by molar-refractivity contribution is 6.05. The molecule has 148 valence electrons. The Morgan fingerprint density at radius 3 is 2.37 bits per heavy atom. The van der Waals surface area contributed by atoms with Crippen molar-refractivity contribution in [3.63, 3.8) is 0 Å². The first-order chi connectivity index (χ1) is 12.3. The molecule has 0 bridgehead atoms. The number of anilines is 1. The van der Waals surface area contributed by atoms with E-state index in [1.54, 1.807) is 24.3 Å². The average molecular weight is 385 g/mol. The quantitative estimate of drug-likeness (QED) is 0.719. The minimum absolute atomic E-state index is 0.0233. The number of para-hydroxylation sites is 1. The first kappa shape index (κ1) is 20.9. The Bertz CT molecular complexity index is 834. The SMILES string of the molecule is CC(CC(C)(C)C)c1ccccc1NC(=O)c1c(C(F)(F)F)nn(C)c1F. The van der Waals surface area contributed by atoms with Crippen molar-refractivity contribution in [3.8, 4) is 0 Å². The predicted octanol–water partition coefficient (Wildman–Crippen LogP) is 5.37. The van der Waals surface area contributed by atoms with Crippen LogP contribution in [0.1, 0.15) is 61.6 Å². The molecule has 2 aromatic rings. The van der Waals surface area contributed by atoms with Gasteiger partial charge in [-0.05, 0) is 29.4 Å². The molecule has 1 heterocycles. The van der Waals surface area contributed by atoms with Crippen LogP contribution in [0.5, 0.6) is 0 Å². The van der Waals surface area contributed by atoms with Gasteiger partial charge in [-0.2, -0.15) is 22.7 Å². The lowest BCUT2D eigenvalue weighted by atomic mass is 9.82. The Labute approximate surface area is 155 Å². The van der Waals surface area contributed by atoms with Gasteiger partial charge in [0.2, 0.25) is 5.95 Å². The van der Waals surface area contributed by atoms with Gasteiger partial charge in [0.1, 0.15) is 5.56 Å². The first-order valence-corrected chi connectivity index (χ1v) is 8.51. The van der Waals surface area contributed by atoms with Crippen molar-refractivity contribution in [1.29, 1.82) is 0 Å². The average Bonchev–Trinajstić information content (AvgIpc) is 2.82. The molecule has 0 aliphatic rings. The van der Waals surface area contributed by atoms with E-state index in [1.165, 1.54) is 0 Å². The van der Waals surface area contributed by atoms with Crippen molar-refractivity contribution in [2.24, 2.45) is 12.5 Å². The van der Waals surface area contributed by atoms with Crippen molar-refractivity contribution in [1.82, 2.24) is 9.78 Å². The second-order valence-electron chi connectivity index (χ2n) is 7.84. The number of benzene rings is 1. The van der Waals surface area contributed by atoms with Gasteiger partial charge in [0.25, 0.3) is 5.91 Å². The van der Waals surface area contributed by atoms with Crippen molar-refractivity contribution in [2.45, 2.75) is 46.2 Å². The first-order valence-electron chi connectivity index (χ1n) is 8.51. The number of hydrogen-bond acceptors (Lipinski definition) is 2. The molecule has 0 saturated heterocycles. The molecular weight excluding hydrogens is 362 g/mol. The molecule has 8 heteroatoms. The monoisotopic (exact) mass is 385 g/mol. The van der Waals surface area contributed by atoms with E-state index in [-0.39, 0.29) is 11.3 Å². The lowest BCUT2D eigenvalue weighted by Gasteiger charge is -2.25. The van der Waals surface area contributed by atoms with E-state index >= 15 is 0 Å². The summed E-state index contributed by atoms with van der Waals surface area (Å²) in [7, 11) is 1.01. The van der Waals surface area contributed by atoms with Crippen LogP contribution in [0.4, 0.5) is 23.2 Å². The van der Waals surface area contributed by atoms with Crippen LogP contribution in [0.2, 0.25) is 0 Å². The van der Waals surface area contributed by atoms with Crippen LogP contribution in [0.15, 0.2) is 24.3 Å². The summed E-state index contributed by atoms with van der Waals surface area (Å²) in [6, 6.07) is 6.84.